The smallest absolute Gasteiger partial charge is 0.142 e. The predicted octanol–water partition coefficient (Wildman–Crippen LogP) is 4.08. The summed E-state index contributed by atoms with van der Waals surface area (Å²) in [5, 5.41) is 3.59. The van der Waals surface area contributed by atoms with Gasteiger partial charge in [0.25, 0.3) is 0 Å². The van der Waals surface area contributed by atoms with Crippen LogP contribution in [0.15, 0.2) is 36.5 Å². The van der Waals surface area contributed by atoms with Gasteiger partial charge in [0, 0.05) is 17.9 Å². The normalized spacial score (nSPS) is 12.4. The van der Waals surface area contributed by atoms with E-state index in [2.05, 4.69) is 23.3 Å². The van der Waals surface area contributed by atoms with Crippen molar-refractivity contribution in [3.63, 3.8) is 0 Å². The Morgan fingerprint density at radius 3 is 2.80 bits per heavy atom. The van der Waals surface area contributed by atoms with Crippen molar-refractivity contribution in [1.29, 1.82) is 0 Å². The van der Waals surface area contributed by atoms with Crippen molar-refractivity contribution in [2.45, 2.75) is 26.3 Å². The van der Waals surface area contributed by atoms with Crippen molar-refractivity contribution in [3.8, 4) is 0 Å². The predicted molar refractivity (Wildman–Crippen MR) is 80.5 cm³/mol. The monoisotopic (exact) mass is 292 g/mol. The van der Waals surface area contributed by atoms with E-state index in [-0.39, 0.29) is 16.9 Å². The Kier molecular flexibility index (Phi) is 5.10. The van der Waals surface area contributed by atoms with Gasteiger partial charge in [-0.25, -0.2) is 4.39 Å². The molecule has 4 heteroatoms. The van der Waals surface area contributed by atoms with Gasteiger partial charge in [-0.1, -0.05) is 30.7 Å². The van der Waals surface area contributed by atoms with Crippen LogP contribution in [0.3, 0.4) is 0 Å². The van der Waals surface area contributed by atoms with Crippen molar-refractivity contribution in [1.82, 2.24) is 10.3 Å². The molecule has 2 aromatic rings. The van der Waals surface area contributed by atoms with Gasteiger partial charge in [-0.2, -0.15) is 0 Å². The fraction of sp³-hybridized carbons (Fsp3) is 0.312. The maximum atomic E-state index is 13.5. The number of benzene rings is 1. The van der Waals surface area contributed by atoms with Gasteiger partial charge in [0.15, 0.2) is 0 Å². The molecule has 1 aromatic heterocycles. The maximum absolute atomic E-state index is 13.5. The molecule has 0 saturated carbocycles. The van der Waals surface area contributed by atoms with Gasteiger partial charge < -0.3 is 5.32 Å². The van der Waals surface area contributed by atoms with E-state index >= 15 is 0 Å². The molecule has 0 aliphatic rings. The Morgan fingerprint density at radius 2 is 2.15 bits per heavy atom. The average molecular weight is 293 g/mol. The van der Waals surface area contributed by atoms with E-state index in [0.717, 1.165) is 23.4 Å². The number of hydrogen-bond acceptors (Lipinski definition) is 2. The highest BCUT2D eigenvalue weighted by Gasteiger charge is 2.14. The molecule has 20 heavy (non-hydrogen) atoms. The Bertz CT molecular complexity index is 586. The van der Waals surface area contributed by atoms with Crippen molar-refractivity contribution < 1.29 is 4.39 Å². The molecule has 0 saturated heterocycles. The topological polar surface area (TPSA) is 24.9 Å². The number of aryl methyl sites for hydroxylation is 1. The molecule has 0 fully saturated rings. The van der Waals surface area contributed by atoms with E-state index in [1.165, 1.54) is 6.07 Å². The lowest BCUT2D eigenvalue weighted by molar-refractivity contribution is 0.542. The summed E-state index contributed by atoms with van der Waals surface area (Å²) in [6, 6.07) is 9.07. The van der Waals surface area contributed by atoms with Crippen LogP contribution < -0.4 is 5.32 Å². The Labute approximate surface area is 124 Å². The molecule has 0 amide bonds. The summed E-state index contributed by atoms with van der Waals surface area (Å²) in [7, 11) is 0. The molecule has 1 atom stereocenters. The molecular weight excluding hydrogens is 275 g/mol. The zero-order chi connectivity index (χ0) is 14.5. The van der Waals surface area contributed by atoms with E-state index in [1.54, 1.807) is 12.3 Å². The van der Waals surface area contributed by atoms with Gasteiger partial charge >= 0.3 is 0 Å². The highest BCUT2D eigenvalue weighted by molar-refractivity contribution is 6.30. The van der Waals surface area contributed by atoms with Crippen LogP contribution in [0.25, 0.3) is 0 Å². The summed E-state index contributed by atoms with van der Waals surface area (Å²) in [6.07, 6.45) is 2.48. The van der Waals surface area contributed by atoms with Gasteiger partial charge in [0.05, 0.1) is 5.02 Å². The fourth-order valence-corrected chi connectivity index (χ4v) is 2.42. The number of likely N-dealkylation sites (N-methyl/N-ethyl adjacent to an activating group) is 1. The molecule has 2 rings (SSSR count). The first-order valence-electron chi connectivity index (χ1n) is 6.70. The first-order chi connectivity index (χ1) is 9.61. The van der Waals surface area contributed by atoms with Gasteiger partial charge in [0.1, 0.15) is 5.82 Å². The van der Waals surface area contributed by atoms with Crippen molar-refractivity contribution in [2.24, 2.45) is 0 Å². The molecule has 0 radical (unpaired) electrons. The third-order valence-electron chi connectivity index (χ3n) is 3.30. The Morgan fingerprint density at radius 1 is 1.35 bits per heavy atom. The Balaban J connectivity index is 2.25. The number of rotatable bonds is 5. The molecule has 1 unspecified atom stereocenters. The van der Waals surface area contributed by atoms with Gasteiger partial charge in [-0.3, -0.25) is 4.98 Å². The highest BCUT2D eigenvalue weighted by atomic mass is 35.5. The summed E-state index contributed by atoms with van der Waals surface area (Å²) in [4.78, 5) is 4.32. The zero-order valence-electron chi connectivity index (χ0n) is 11.7. The third kappa shape index (κ3) is 3.56. The second-order valence-corrected chi connectivity index (χ2v) is 5.15. The lowest BCUT2D eigenvalue weighted by Crippen LogP contribution is -2.24. The molecular formula is C16H18ClFN2. The highest BCUT2D eigenvalue weighted by Crippen LogP contribution is 2.23. The minimum Gasteiger partial charge on any atom is -0.310 e. The number of nitrogens with zero attached hydrogens (tertiary/aromatic N) is 1. The second kappa shape index (κ2) is 6.82. The lowest BCUT2D eigenvalue weighted by Gasteiger charge is -2.20. The van der Waals surface area contributed by atoms with E-state index in [1.807, 2.05) is 19.1 Å². The molecule has 106 valence electrons. The largest absolute Gasteiger partial charge is 0.310 e. The van der Waals surface area contributed by atoms with Crippen LogP contribution in [-0.2, 0) is 6.42 Å². The van der Waals surface area contributed by atoms with Crippen molar-refractivity contribution in [3.05, 3.63) is 64.2 Å². The first-order valence-corrected chi connectivity index (χ1v) is 7.08. The van der Waals surface area contributed by atoms with Crippen LogP contribution in [0, 0.1) is 12.7 Å². The first kappa shape index (κ1) is 14.9. The zero-order valence-corrected chi connectivity index (χ0v) is 12.4. The minimum atomic E-state index is -0.373. The number of aromatic nitrogens is 1. The summed E-state index contributed by atoms with van der Waals surface area (Å²) < 4.78 is 13.5. The van der Waals surface area contributed by atoms with Crippen molar-refractivity contribution >= 4 is 11.6 Å². The molecule has 1 aromatic carbocycles. The molecule has 2 nitrogen and oxygen atoms in total. The van der Waals surface area contributed by atoms with Crippen LogP contribution in [0.2, 0.25) is 5.02 Å². The van der Waals surface area contributed by atoms with Crippen LogP contribution in [0.1, 0.15) is 29.8 Å². The quantitative estimate of drug-likeness (QED) is 0.898. The van der Waals surface area contributed by atoms with Gasteiger partial charge in [0.2, 0.25) is 0 Å². The molecule has 0 bridgehead atoms. The molecule has 0 aliphatic carbocycles. The SMILES string of the molecule is CCNC(Cc1ccc(Cl)c(F)c1)c1cccnc1C. The Hall–Kier alpha value is -1.45. The maximum Gasteiger partial charge on any atom is 0.142 e. The van der Waals surface area contributed by atoms with Crippen LogP contribution in [0.4, 0.5) is 4.39 Å². The van der Waals surface area contributed by atoms with E-state index < -0.39 is 0 Å². The van der Waals surface area contributed by atoms with E-state index in [9.17, 15) is 4.39 Å². The lowest BCUT2D eigenvalue weighted by atomic mass is 9.98. The van der Waals surface area contributed by atoms with Crippen LogP contribution in [-0.4, -0.2) is 11.5 Å². The van der Waals surface area contributed by atoms with Gasteiger partial charge in [-0.15, -0.1) is 0 Å². The molecule has 0 aliphatic heterocycles. The summed E-state index contributed by atoms with van der Waals surface area (Å²) in [6.45, 7) is 4.89. The number of pyridine rings is 1. The minimum absolute atomic E-state index is 0.120. The second-order valence-electron chi connectivity index (χ2n) is 4.74. The molecule has 1 heterocycles. The van der Waals surface area contributed by atoms with E-state index in [4.69, 9.17) is 11.6 Å². The molecule has 1 N–H and O–H groups in total. The number of nitrogens with one attached hydrogen (secondary N) is 1. The average Bonchev–Trinajstić information content (AvgIpc) is 2.43. The number of hydrogen-bond donors (Lipinski definition) is 1. The summed E-state index contributed by atoms with van der Waals surface area (Å²) in [5.41, 5.74) is 3.05. The summed E-state index contributed by atoms with van der Waals surface area (Å²) >= 11 is 5.72. The summed E-state index contributed by atoms with van der Waals surface area (Å²) in [5.74, 6) is -0.373. The van der Waals surface area contributed by atoms with Gasteiger partial charge in [-0.05, 0) is 49.2 Å². The van der Waals surface area contributed by atoms with Crippen LogP contribution in [0.5, 0.6) is 0 Å². The molecule has 0 spiro atoms. The van der Waals surface area contributed by atoms with Crippen LogP contribution >= 0.6 is 11.6 Å². The standard InChI is InChI=1S/C16H18ClFN2/c1-3-19-16(13-5-4-8-20-11(13)2)10-12-6-7-14(17)15(18)9-12/h4-9,16,19H,3,10H2,1-2H3. The fourth-order valence-electron chi connectivity index (χ4n) is 2.31. The van der Waals surface area contributed by atoms with E-state index in [0.29, 0.717) is 6.42 Å². The third-order valence-corrected chi connectivity index (χ3v) is 3.60. The number of halogens is 2. The van der Waals surface area contributed by atoms with Crippen molar-refractivity contribution in [2.75, 3.05) is 6.54 Å².